The third kappa shape index (κ3) is 4.80. The van der Waals surface area contributed by atoms with E-state index in [1.165, 1.54) is 6.07 Å². The average Bonchev–Trinajstić information content (AvgIpc) is 2.52. The van der Waals surface area contributed by atoms with Crippen LogP contribution in [0.5, 0.6) is 5.75 Å². The van der Waals surface area contributed by atoms with Gasteiger partial charge in [-0.1, -0.05) is 30.3 Å². The van der Waals surface area contributed by atoms with Gasteiger partial charge in [-0.15, -0.1) is 0 Å². The highest BCUT2D eigenvalue weighted by Crippen LogP contribution is 2.23. The first-order valence-electron chi connectivity index (χ1n) is 6.59. The summed E-state index contributed by atoms with van der Waals surface area (Å²) in [5, 5.41) is 2.17. The van der Waals surface area contributed by atoms with Gasteiger partial charge < -0.3 is 10.1 Å². The van der Waals surface area contributed by atoms with Crippen molar-refractivity contribution < 1.29 is 18.3 Å². The zero-order chi connectivity index (χ0) is 15.9. The Morgan fingerprint density at radius 1 is 1.18 bits per heavy atom. The molecule has 0 atom stereocenters. The summed E-state index contributed by atoms with van der Waals surface area (Å²) < 4.78 is 30.4. The van der Waals surface area contributed by atoms with Crippen molar-refractivity contribution in [3.05, 3.63) is 64.1 Å². The second-order valence-electron chi connectivity index (χ2n) is 4.52. The van der Waals surface area contributed by atoms with Crippen molar-refractivity contribution in [2.45, 2.75) is 13.0 Å². The Morgan fingerprint density at radius 3 is 2.59 bits per heavy atom. The summed E-state index contributed by atoms with van der Waals surface area (Å²) in [6, 6.07) is 14.5. The molecule has 0 unspecified atom stereocenters. The van der Waals surface area contributed by atoms with Crippen LogP contribution in [0.15, 0.2) is 53.0 Å². The predicted octanol–water partition coefficient (Wildman–Crippen LogP) is 4.02. The Hall–Kier alpha value is -1.95. The van der Waals surface area contributed by atoms with E-state index in [1.54, 1.807) is 12.1 Å². The number of rotatable bonds is 6. The molecule has 0 bridgehead atoms. The highest BCUT2D eigenvalue weighted by Gasteiger charge is 2.13. The van der Waals surface area contributed by atoms with Crippen LogP contribution in [0, 0.1) is 0 Å². The van der Waals surface area contributed by atoms with Crippen LogP contribution >= 0.6 is 15.9 Å². The highest BCUT2D eigenvalue weighted by atomic mass is 79.9. The maximum Gasteiger partial charge on any atom is 0.255 e. The van der Waals surface area contributed by atoms with E-state index in [0.29, 0.717) is 16.8 Å². The lowest BCUT2D eigenvalue weighted by Crippen LogP contribution is -2.28. The van der Waals surface area contributed by atoms with E-state index in [9.17, 15) is 13.6 Å². The number of hydrogen-bond donors (Lipinski definition) is 1. The Kier molecular flexibility index (Phi) is 5.89. The molecule has 22 heavy (non-hydrogen) atoms. The molecule has 116 valence electrons. The SMILES string of the molecule is O=C(NCC(F)F)c1cc(OCc2ccccc2)ccc1Br. The van der Waals surface area contributed by atoms with E-state index in [2.05, 4.69) is 21.2 Å². The van der Waals surface area contributed by atoms with Crippen molar-refractivity contribution >= 4 is 21.8 Å². The van der Waals surface area contributed by atoms with Gasteiger partial charge in [-0.25, -0.2) is 8.78 Å². The molecular weight excluding hydrogens is 356 g/mol. The van der Waals surface area contributed by atoms with Gasteiger partial charge in [0.15, 0.2) is 0 Å². The molecule has 3 nitrogen and oxygen atoms in total. The summed E-state index contributed by atoms with van der Waals surface area (Å²) >= 11 is 3.23. The number of alkyl halides is 2. The third-order valence-electron chi connectivity index (χ3n) is 2.85. The van der Waals surface area contributed by atoms with Gasteiger partial charge in [0, 0.05) is 4.47 Å². The lowest BCUT2D eigenvalue weighted by Gasteiger charge is -2.10. The van der Waals surface area contributed by atoms with Crippen LogP contribution in [0.1, 0.15) is 15.9 Å². The van der Waals surface area contributed by atoms with E-state index in [-0.39, 0.29) is 5.56 Å². The fourth-order valence-electron chi connectivity index (χ4n) is 1.77. The second kappa shape index (κ2) is 7.89. The molecule has 2 aromatic rings. The number of halogens is 3. The number of hydrogen-bond acceptors (Lipinski definition) is 2. The predicted molar refractivity (Wildman–Crippen MR) is 83.3 cm³/mol. The van der Waals surface area contributed by atoms with Gasteiger partial charge in [0.2, 0.25) is 0 Å². The molecule has 1 N–H and O–H groups in total. The van der Waals surface area contributed by atoms with Gasteiger partial charge in [-0.2, -0.15) is 0 Å². The summed E-state index contributed by atoms with van der Waals surface area (Å²) in [6.45, 7) is -0.319. The van der Waals surface area contributed by atoms with Crippen LogP contribution in [0.3, 0.4) is 0 Å². The molecule has 0 aliphatic rings. The van der Waals surface area contributed by atoms with E-state index in [1.807, 2.05) is 30.3 Å². The molecule has 2 rings (SSSR count). The molecule has 0 saturated carbocycles. The maximum atomic E-state index is 12.1. The second-order valence-corrected chi connectivity index (χ2v) is 5.37. The molecule has 0 aromatic heterocycles. The largest absolute Gasteiger partial charge is 0.489 e. The lowest BCUT2D eigenvalue weighted by atomic mass is 10.2. The smallest absolute Gasteiger partial charge is 0.255 e. The Morgan fingerprint density at radius 2 is 1.91 bits per heavy atom. The van der Waals surface area contributed by atoms with Crippen LogP contribution in [-0.4, -0.2) is 18.9 Å². The number of nitrogens with one attached hydrogen (secondary N) is 1. The molecule has 0 aliphatic heterocycles. The molecule has 0 radical (unpaired) electrons. The molecule has 1 amide bonds. The average molecular weight is 370 g/mol. The topological polar surface area (TPSA) is 38.3 Å². The minimum Gasteiger partial charge on any atom is -0.489 e. The standard InChI is InChI=1S/C16H14BrF2NO2/c17-14-7-6-12(22-10-11-4-2-1-3-5-11)8-13(14)16(21)20-9-15(18)19/h1-8,15H,9-10H2,(H,20,21). The van der Waals surface area contributed by atoms with Crippen LogP contribution in [0.4, 0.5) is 8.78 Å². The summed E-state index contributed by atoms with van der Waals surface area (Å²) in [5.74, 6) is -0.0772. The fraction of sp³-hybridized carbons (Fsp3) is 0.188. The van der Waals surface area contributed by atoms with Crippen LogP contribution in [-0.2, 0) is 6.61 Å². The monoisotopic (exact) mass is 369 g/mol. The van der Waals surface area contributed by atoms with Gasteiger partial charge in [-0.05, 0) is 39.7 Å². The Bertz CT molecular complexity index is 635. The zero-order valence-electron chi connectivity index (χ0n) is 11.6. The normalized spacial score (nSPS) is 10.5. The Labute approximate surface area is 135 Å². The molecule has 0 saturated heterocycles. The first-order valence-corrected chi connectivity index (χ1v) is 7.38. The number of ether oxygens (including phenoxy) is 1. The third-order valence-corrected chi connectivity index (χ3v) is 3.54. The molecule has 0 aliphatic carbocycles. The lowest BCUT2D eigenvalue weighted by molar-refractivity contribution is 0.0890. The van der Waals surface area contributed by atoms with Crippen molar-refractivity contribution in [3.63, 3.8) is 0 Å². The van der Waals surface area contributed by atoms with Crippen LogP contribution < -0.4 is 10.1 Å². The van der Waals surface area contributed by atoms with Crippen molar-refractivity contribution in [2.24, 2.45) is 0 Å². The van der Waals surface area contributed by atoms with Crippen molar-refractivity contribution in [2.75, 3.05) is 6.54 Å². The number of carbonyl (C=O) groups excluding carboxylic acids is 1. The van der Waals surface area contributed by atoms with Crippen LogP contribution in [0.2, 0.25) is 0 Å². The first kappa shape index (κ1) is 16.4. The van der Waals surface area contributed by atoms with Gasteiger partial charge in [0.05, 0.1) is 12.1 Å². The van der Waals surface area contributed by atoms with Crippen LogP contribution in [0.25, 0.3) is 0 Å². The van der Waals surface area contributed by atoms with Gasteiger partial charge >= 0.3 is 0 Å². The molecule has 6 heteroatoms. The van der Waals surface area contributed by atoms with E-state index >= 15 is 0 Å². The van der Waals surface area contributed by atoms with E-state index in [0.717, 1.165) is 5.56 Å². The molecule has 0 heterocycles. The maximum absolute atomic E-state index is 12.1. The number of amides is 1. The summed E-state index contributed by atoms with van der Waals surface area (Å²) in [7, 11) is 0. The highest BCUT2D eigenvalue weighted by molar-refractivity contribution is 9.10. The van der Waals surface area contributed by atoms with Crippen molar-refractivity contribution in [1.29, 1.82) is 0 Å². The summed E-state index contributed by atoms with van der Waals surface area (Å²) in [4.78, 5) is 11.9. The molecule has 0 fully saturated rings. The minimum absolute atomic E-state index is 0.256. The van der Waals surface area contributed by atoms with Gasteiger partial charge in [0.25, 0.3) is 12.3 Å². The number of carbonyl (C=O) groups is 1. The molecular formula is C16H14BrF2NO2. The first-order chi connectivity index (χ1) is 10.6. The minimum atomic E-state index is -2.58. The summed E-state index contributed by atoms with van der Waals surface area (Å²) in [5.41, 5.74) is 1.25. The molecule has 0 spiro atoms. The quantitative estimate of drug-likeness (QED) is 0.834. The molecule has 2 aromatic carbocycles. The van der Waals surface area contributed by atoms with Gasteiger partial charge in [-0.3, -0.25) is 4.79 Å². The zero-order valence-corrected chi connectivity index (χ0v) is 13.1. The summed E-state index contributed by atoms with van der Waals surface area (Å²) in [6.07, 6.45) is -2.58. The van der Waals surface area contributed by atoms with Gasteiger partial charge in [0.1, 0.15) is 12.4 Å². The Balaban J connectivity index is 2.04. The van der Waals surface area contributed by atoms with E-state index < -0.39 is 18.9 Å². The van der Waals surface area contributed by atoms with Crippen molar-refractivity contribution in [3.8, 4) is 5.75 Å². The number of benzene rings is 2. The fourth-order valence-corrected chi connectivity index (χ4v) is 2.20. The van der Waals surface area contributed by atoms with Crippen molar-refractivity contribution in [1.82, 2.24) is 5.32 Å². The van der Waals surface area contributed by atoms with E-state index in [4.69, 9.17) is 4.74 Å².